The molecule has 0 saturated carbocycles. The summed E-state index contributed by atoms with van der Waals surface area (Å²) in [5.41, 5.74) is 1.64. The summed E-state index contributed by atoms with van der Waals surface area (Å²) in [5.74, 6) is -0.566. The summed E-state index contributed by atoms with van der Waals surface area (Å²) in [6.45, 7) is 0. The quantitative estimate of drug-likeness (QED) is 0.868. The van der Waals surface area contributed by atoms with Crippen molar-refractivity contribution in [1.29, 1.82) is 0 Å². The Balaban J connectivity index is 1.90. The van der Waals surface area contributed by atoms with Gasteiger partial charge in [0, 0.05) is 27.5 Å². The van der Waals surface area contributed by atoms with Gasteiger partial charge in [-0.3, -0.25) is 4.79 Å². The van der Waals surface area contributed by atoms with Gasteiger partial charge in [-0.05, 0) is 18.2 Å². The molecule has 2 aromatic carbocycles. The average molecular weight is 297 g/mol. The summed E-state index contributed by atoms with van der Waals surface area (Å²) in [7, 11) is 0. The lowest BCUT2D eigenvalue weighted by atomic mass is 10.0. The summed E-state index contributed by atoms with van der Waals surface area (Å²) in [6, 6.07) is 16.2. The second-order valence-electron chi connectivity index (χ2n) is 4.49. The Morgan fingerprint density at radius 2 is 1.71 bits per heavy atom. The number of hydrogen-bond donors (Lipinski definition) is 1. The molecule has 104 valence electrons. The third kappa shape index (κ3) is 3.06. The molecule has 1 heterocycles. The number of thioether (sulfide) groups is 1. The van der Waals surface area contributed by atoms with E-state index in [0.29, 0.717) is 16.8 Å². The Bertz CT molecular complexity index is 737. The number of nitrogens with one attached hydrogen (secondary N) is 1. The summed E-state index contributed by atoms with van der Waals surface area (Å²) < 4.78 is 13.9. The first-order valence-electron chi connectivity index (χ1n) is 6.44. The fourth-order valence-electron chi connectivity index (χ4n) is 2.07. The number of halogens is 1. The van der Waals surface area contributed by atoms with Crippen LogP contribution in [0.2, 0.25) is 0 Å². The molecular formula is C17H12FNOS. The van der Waals surface area contributed by atoms with E-state index in [1.807, 2.05) is 35.7 Å². The predicted molar refractivity (Wildman–Crippen MR) is 82.9 cm³/mol. The highest BCUT2D eigenvalue weighted by atomic mass is 32.2. The number of amides is 1. The Kier molecular flexibility index (Phi) is 3.88. The maximum absolute atomic E-state index is 13.9. The first-order chi connectivity index (χ1) is 10.2. The number of carbonyl (C=O) groups excluding carboxylic acids is 1. The van der Waals surface area contributed by atoms with Gasteiger partial charge in [0.1, 0.15) is 5.82 Å². The van der Waals surface area contributed by atoms with Crippen LogP contribution in [0.15, 0.2) is 76.7 Å². The lowest BCUT2D eigenvalue weighted by Crippen LogP contribution is -2.13. The molecule has 0 bridgehead atoms. The normalized spacial score (nSPS) is 16.0. The van der Waals surface area contributed by atoms with E-state index in [-0.39, 0.29) is 11.7 Å². The topological polar surface area (TPSA) is 29.1 Å². The van der Waals surface area contributed by atoms with Crippen molar-refractivity contribution < 1.29 is 9.18 Å². The first-order valence-corrected chi connectivity index (χ1v) is 7.32. The van der Waals surface area contributed by atoms with Crippen molar-refractivity contribution >= 4 is 23.2 Å². The van der Waals surface area contributed by atoms with Gasteiger partial charge in [0.05, 0.1) is 5.70 Å². The molecule has 1 amide bonds. The van der Waals surface area contributed by atoms with Crippen LogP contribution in [0.4, 0.5) is 4.39 Å². The van der Waals surface area contributed by atoms with Crippen LogP contribution in [0.3, 0.4) is 0 Å². The highest BCUT2D eigenvalue weighted by Gasteiger charge is 2.20. The third-order valence-corrected chi connectivity index (χ3v) is 3.94. The van der Waals surface area contributed by atoms with E-state index in [9.17, 15) is 9.18 Å². The predicted octanol–water partition coefficient (Wildman–Crippen LogP) is 3.97. The van der Waals surface area contributed by atoms with Crippen molar-refractivity contribution in [3.63, 3.8) is 0 Å². The largest absolute Gasteiger partial charge is 0.321 e. The smallest absolute Gasteiger partial charge is 0.249 e. The van der Waals surface area contributed by atoms with Crippen LogP contribution < -0.4 is 5.32 Å². The third-order valence-electron chi connectivity index (χ3n) is 3.04. The summed E-state index contributed by atoms with van der Waals surface area (Å²) in [4.78, 5) is 12.7. The fourth-order valence-corrected chi connectivity index (χ4v) is 2.82. The fraction of sp³-hybridized carbons (Fsp3) is 0. The van der Waals surface area contributed by atoms with Gasteiger partial charge in [-0.2, -0.15) is 0 Å². The Morgan fingerprint density at radius 3 is 2.48 bits per heavy atom. The van der Waals surface area contributed by atoms with Gasteiger partial charge in [-0.25, -0.2) is 4.39 Å². The van der Waals surface area contributed by atoms with Gasteiger partial charge in [0.15, 0.2) is 0 Å². The molecule has 1 N–H and O–H groups in total. The second-order valence-corrected chi connectivity index (χ2v) is 5.43. The van der Waals surface area contributed by atoms with Crippen LogP contribution in [0, 0.1) is 5.82 Å². The minimum Gasteiger partial charge on any atom is -0.321 e. The van der Waals surface area contributed by atoms with Gasteiger partial charge >= 0.3 is 0 Å². The minimum atomic E-state index is -0.337. The van der Waals surface area contributed by atoms with E-state index in [4.69, 9.17) is 0 Å². The number of hydrogen-bond acceptors (Lipinski definition) is 2. The van der Waals surface area contributed by atoms with Gasteiger partial charge in [0.2, 0.25) is 5.91 Å². The van der Waals surface area contributed by atoms with Crippen molar-refractivity contribution in [2.75, 3.05) is 0 Å². The van der Waals surface area contributed by atoms with Crippen molar-refractivity contribution in [3.8, 4) is 0 Å². The molecule has 0 aromatic heterocycles. The zero-order valence-electron chi connectivity index (χ0n) is 11.0. The van der Waals surface area contributed by atoms with Crippen LogP contribution in [0.1, 0.15) is 5.56 Å². The molecule has 21 heavy (non-hydrogen) atoms. The van der Waals surface area contributed by atoms with Gasteiger partial charge in [-0.1, -0.05) is 48.2 Å². The Labute approximate surface area is 126 Å². The second kappa shape index (κ2) is 5.97. The maximum Gasteiger partial charge on any atom is 0.249 e. The molecule has 0 aliphatic carbocycles. The van der Waals surface area contributed by atoms with Crippen molar-refractivity contribution in [3.05, 3.63) is 83.2 Å². The zero-order valence-corrected chi connectivity index (χ0v) is 11.9. The molecule has 0 fully saturated rings. The SMILES string of the molecule is O=C1C=C(c2ccccc2F)/C(=C/Sc2ccccc2)N1. The van der Waals surface area contributed by atoms with Crippen LogP contribution >= 0.6 is 11.8 Å². The van der Waals surface area contributed by atoms with Crippen LogP contribution in [-0.4, -0.2) is 5.91 Å². The van der Waals surface area contributed by atoms with E-state index in [1.165, 1.54) is 23.9 Å². The van der Waals surface area contributed by atoms with Crippen LogP contribution in [-0.2, 0) is 4.79 Å². The summed E-state index contributed by atoms with van der Waals surface area (Å²) in [5, 5.41) is 4.57. The standard InChI is InChI=1S/C17H12FNOS/c18-15-9-5-4-8-13(15)14-10-17(20)19-16(14)11-21-12-6-2-1-3-7-12/h1-11H,(H,19,20)/b16-11-. The number of rotatable bonds is 3. The van der Waals surface area contributed by atoms with Crippen molar-refractivity contribution in [1.82, 2.24) is 5.32 Å². The zero-order chi connectivity index (χ0) is 14.7. The maximum atomic E-state index is 13.9. The van der Waals surface area contributed by atoms with E-state index < -0.39 is 0 Å². The summed E-state index contributed by atoms with van der Waals surface area (Å²) >= 11 is 1.48. The summed E-state index contributed by atoms with van der Waals surface area (Å²) in [6.07, 6.45) is 1.43. The molecule has 1 aliphatic rings. The highest BCUT2D eigenvalue weighted by molar-refractivity contribution is 8.02. The number of carbonyl (C=O) groups is 1. The number of benzene rings is 2. The van der Waals surface area contributed by atoms with E-state index >= 15 is 0 Å². The monoisotopic (exact) mass is 297 g/mol. The lowest BCUT2D eigenvalue weighted by Gasteiger charge is -2.07. The Hall–Kier alpha value is -2.33. The minimum absolute atomic E-state index is 0.229. The molecule has 0 unspecified atom stereocenters. The molecule has 3 rings (SSSR count). The highest BCUT2D eigenvalue weighted by Crippen LogP contribution is 2.30. The molecule has 2 nitrogen and oxygen atoms in total. The Morgan fingerprint density at radius 1 is 1.00 bits per heavy atom. The van der Waals surface area contributed by atoms with E-state index in [2.05, 4.69) is 5.32 Å². The van der Waals surface area contributed by atoms with E-state index in [0.717, 1.165) is 4.90 Å². The molecule has 4 heteroatoms. The van der Waals surface area contributed by atoms with Gasteiger partial charge in [-0.15, -0.1) is 0 Å². The van der Waals surface area contributed by atoms with Crippen molar-refractivity contribution in [2.24, 2.45) is 0 Å². The van der Waals surface area contributed by atoms with Gasteiger partial charge < -0.3 is 5.32 Å². The lowest BCUT2D eigenvalue weighted by molar-refractivity contribution is -0.115. The van der Waals surface area contributed by atoms with E-state index in [1.54, 1.807) is 18.2 Å². The molecule has 0 spiro atoms. The average Bonchev–Trinajstić information content (AvgIpc) is 2.87. The van der Waals surface area contributed by atoms with Gasteiger partial charge in [0.25, 0.3) is 0 Å². The molecule has 1 aliphatic heterocycles. The number of allylic oxidation sites excluding steroid dienone is 1. The molecule has 0 radical (unpaired) electrons. The van der Waals surface area contributed by atoms with Crippen LogP contribution in [0.25, 0.3) is 5.57 Å². The molecule has 0 atom stereocenters. The first kappa shape index (κ1) is 13.6. The van der Waals surface area contributed by atoms with Crippen LogP contribution in [0.5, 0.6) is 0 Å². The molecule has 2 aromatic rings. The molecular weight excluding hydrogens is 285 g/mol. The molecule has 0 saturated heterocycles. The van der Waals surface area contributed by atoms with Crippen molar-refractivity contribution in [2.45, 2.75) is 4.90 Å².